The van der Waals surface area contributed by atoms with Crippen LogP contribution in [0, 0.1) is 5.92 Å². The van der Waals surface area contributed by atoms with Crippen LogP contribution in [0.1, 0.15) is 30.1 Å². The first-order chi connectivity index (χ1) is 10.7. The lowest BCUT2D eigenvalue weighted by atomic mass is 10.1. The topological polar surface area (TPSA) is 49.9 Å². The Morgan fingerprint density at radius 2 is 1.82 bits per heavy atom. The molecule has 2 aliphatic rings. The molecule has 0 unspecified atom stereocenters. The second-order valence-electron chi connectivity index (χ2n) is 5.82. The number of piperazine rings is 1. The SMILES string of the molecule is CCOC(=O)c1ccccc1N1CCN(C(=O)C2CC2)CC1. The van der Waals surface area contributed by atoms with Crippen LogP contribution < -0.4 is 4.90 Å². The number of rotatable bonds is 4. The van der Waals surface area contributed by atoms with Gasteiger partial charge in [0.05, 0.1) is 17.9 Å². The molecule has 1 heterocycles. The van der Waals surface area contributed by atoms with Crippen molar-refractivity contribution in [1.82, 2.24) is 4.90 Å². The standard InChI is InChI=1S/C17H22N2O3/c1-2-22-17(21)14-5-3-4-6-15(14)18-9-11-19(12-10-18)16(20)13-7-8-13/h3-6,13H,2,7-12H2,1H3. The van der Waals surface area contributed by atoms with Gasteiger partial charge in [0.25, 0.3) is 0 Å². The largest absolute Gasteiger partial charge is 0.462 e. The molecule has 118 valence electrons. The number of hydrogen-bond donors (Lipinski definition) is 0. The maximum atomic E-state index is 12.1. The van der Waals surface area contributed by atoms with Gasteiger partial charge in [-0.2, -0.15) is 0 Å². The van der Waals surface area contributed by atoms with Gasteiger partial charge in [-0.3, -0.25) is 4.79 Å². The van der Waals surface area contributed by atoms with E-state index in [1.807, 2.05) is 30.0 Å². The van der Waals surface area contributed by atoms with Crippen molar-refractivity contribution in [3.05, 3.63) is 29.8 Å². The van der Waals surface area contributed by atoms with Gasteiger partial charge in [0.15, 0.2) is 0 Å². The normalized spacial score (nSPS) is 18.2. The van der Waals surface area contributed by atoms with Gasteiger partial charge in [0.1, 0.15) is 0 Å². The van der Waals surface area contributed by atoms with Crippen LogP contribution in [0.4, 0.5) is 5.69 Å². The van der Waals surface area contributed by atoms with E-state index in [2.05, 4.69) is 4.90 Å². The molecule has 1 aromatic rings. The van der Waals surface area contributed by atoms with E-state index in [1.54, 1.807) is 6.07 Å². The fourth-order valence-electron chi connectivity index (χ4n) is 2.89. The third kappa shape index (κ3) is 3.08. The summed E-state index contributed by atoms with van der Waals surface area (Å²) in [6.07, 6.45) is 2.09. The van der Waals surface area contributed by atoms with Crippen LogP contribution in [0.25, 0.3) is 0 Å². The van der Waals surface area contributed by atoms with Crippen LogP contribution >= 0.6 is 0 Å². The Morgan fingerprint density at radius 1 is 1.14 bits per heavy atom. The summed E-state index contributed by atoms with van der Waals surface area (Å²) in [7, 11) is 0. The van der Waals surface area contributed by atoms with Gasteiger partial charge < -0.3 is 14.5 Å². The number of anilines is 1. The molecule has 0 N–H and O–H groups in total. The minimum Gasteiger partial charge on any atom is -0.462 e. The fraction of sp³-hybridized carbons (Fsp3) is 0.529. The number of esters is 1. The molecule has 22 heavy (non-hydrogen) atoms. The van der Waals surface area contributed by atoms with Crippen LogP contribution in [0.3, 0.4) is 0 Å². The number of amides is 1. The zero-order chi connectivity index (χ0) is 15.5. The molecule has 5 heteroatoms. The Morgan fingerprint density at radius 3 is 2.45 bits per heavy atom. The highest BCUT2D eigenvalue weighted by Crippen LogP contribution is 2.31. The maximum absolute atomic E-state index is 12.1. The van der Waals surface area contributed by atoms with Crippen molar-refractivity contribution >= 4 is 17.6 Å². The Labute approximate surface area is 130 Å². The van der Waals surface area contributed by atoms with E-state index in [4.69, 9.17) is 4.74 Å². The van der Waals surface area contributed by atoms with E-state index in [9.17, 15) is 9.59 Å². The van der Waals surface area contributed by atoms with Gasteiger partial charge in [0.2, 0.25) is 5.91 Å². The number of benzene rings is 1. The predicted molar refractivity (Wildman–Crippen MR) is 83.9 cm³/mol. The number of nitrogens with zero attached hydrogens (tertiary/aromatic N) is 2. The maximum Gasteiger partial charge on any atom is 0.340 e. The molecular weight excluding hydrogens is 280 g/mol. The lowest BCUT2D eigenvalue weighted by Crippen LogP contribution is -2.49. The first-order valence-corrected chi connectivity index (χ1v) is 8.00. The highest BCUT2D eigenvalue weighted by Gasteiger charge is 2.34. The van der Waals surface area contributed by atoms with Crippen LogP contribution in [-0.4, -0.2) is 49.6 Å². The van der Waals surface area contributed by atoms with Crippen LogP contribution in [0.2, 0.25) is 0 Å². The third-order valence-electron chi connectivity index (χ3n) is 4.26. The van der Waals surface area contributed by atoms with Gasteiger partial charge in [-0.1, -0.05) is 12.1 Å². The van der Waals surface area contributed by atoms with E-state index in [0.29, 0.717) is 18.1 Å². The number of carbonyl (C=O) groups excluding carboxylic acids is 2. The summed E-state index contributed by atoms with van der Waals surface area (Å²) in [5.41, 5.74) is 1.51. The summed E-state index contributed by atoms with van der Waals surface area (Å²) in [6.45, 7) is 5.16. The molecule has 5 nitrogen and oxygen atoms in total. The zero-order valence-corrected chi connectivity index (χ0v) is 13.0. The van der Waals surface area contributed by atoms with E-state index in [-0.39, 0.29) is 11.9 Å². The van der Waals surface area contributed by atoms with Crippen LogP contribution in [-0.2, 0) is 9.53 Å². The molecule has 1 aliphatic carbocycles. The van der Waals surface area contributed by atoms with Crippen molar-refractivity contribution < 1.29 is 14.3 Å². The Kier molecular flexibility index (Phi) is 4.32. The molecule has 0 bridgehead atoms. The molecular formula is C17H22N2O3. The summed E-state index contributed by atoms with van der Waals surface area (Å²) >= 11 is 0. The summed E-state index contributed by atoms with van der Waals surface area (Å²) in [6, 6.07) is 7.53. The van der Waals surface area contributed by atoms with E-state index >= 15 is 0 Å². The molecule has 2 fully saturated rings. The summed E-state index contributed by atoms with van der Waals surface area (Å²) in [5.74, 6) is 0.297. The number of carbonyl (C=O) groups is 2. The highest BCUT2D eigenvalue weighted by atomic mass is 16.5. The smallest absolute Gasteiger partial charge is 0.340 e. The average molecular weight is 302 g/mol. The van der Waals surface area contributed by atoms with Gasteiger partial charge in [-0.15, -0.1) is 0 Å². The first-order valence-electron chi connectivity index (χ1n) is 8.00. The highest BCUT2D eigenvalue weighted by molar-refractivity contribution is 5.96. The van der Waals surface area contributed by atoms with Gasteiger partial charge in [-0.25, -0.2) is 4.79 Å². The third-order valence-corrected chi connectivity index (χ3v) is 4.26. The van der Waals surface area contributed by atoms with Gasteiger partial charge in [-0.05, 0) is 31.9 Å². The minimum absolute atomic E-state index is 0.276. The minimum atomic E-state index is -0.283. The summed E-state index contributed by atoms with van der Waals surface area (Å²) in [4.78, 5) is 28.3. The number of para-hydroxylation sites is 1. The van der Waals surface area contributed by atoms with Crippen LogP contribution in [0.5, 0.6) is 0 Å². The lowest BCUT2D eigenvalue weighted by Gasteiger charge is -2.36. The number of hydrogen-bond acceptors (Lipinski definition) is 4. The molecule has 0 aromatic heterocycles. The molecule has 3 rings (SSSR count). The lowest BCUT2D eigenvalue weighted by molar-refractivity contribution is -0.132. The second-order valence-corrected chi connectivity index (χ2v) is 5.82. The molecule has 1 saturated carbocycles. The molecule has 1 aliphatic heterocycles. The van der Waals surface area contributed by atoms with E-state index in [1.165, 1.54) is 0 Å². The molecule has 1 amide bonds. The molecule has 0 spiro atoms. The van der Waals surface area contributed by atoms with Gasteiger partial charge in [0, 0.05) is 32.1 Å². The van der Waals surface area contributed by atoms with E-state index < -0.39 is 0 Å². The zero-order valence-electron chi connectivity index (χ0n) is 13.0. The first kappa shape index (κ1) is 14.9. The fourth-order valence-corrected chi connectivity index (χ4v) is 2.89. The molecule has 0 radical (unpaired) electrons. The summed E-state index contributed by atoms with van der Waals surface area (Å²) in [5, 5.41) is 0. The Bertz CT molecular complexity index is 561. The van der Waals surface area contributed by atoms with E-state index in [0.717, 1.165) is 44.7 Å². The Hall–Kier alpha value is -2.04. The van der Waals surface area contributed by atoms with Crippen LogP contribution in [0.15, 0.2) is 24.3 Å². The van der Waals surface area contributed by atoms with Crippen molar-refractivity contribution in [3.8, 4) is 0 Å². The van der Waals surface area contributed by atoms with Crippen molar-refractivity contribution in [1.29, 1.82) is 0 Å². The second kappa shape index (κ2) is 6.38. The summed E-state index contributed by atoms with van der Waals surface area (Å²) < 4.78 is 5.13. The van der Waals surface area contributed by atoms with Crippen molar-refractivity contribution in [2.45, 2.75) is 19.8 Å². The molecule has 1 aromatic carbocycles. The Balaban J connectivity index is 1.68. The average Bonchev–Trinajstić information content (AvgIpc) is 3.39. The van der Waals surface area contributed by atoms with Crippen molar-refractivity contribution in [2.24, 2.45) is 5.92 Å². The van der Waals surface area contributed by atoms with Crippen molar-refractivity contribution in [2.75, 3.05) is 37.7 Å². The monoisotopic (exact) mass is 302 g/mol. The molecule has 1 saturated heterocycles. The quantitative estimate of drug-likeness (QED) is 0.797. The van der Waals surface area contributed by atoms with Crippen molar-refractivity contribution in [3.63, 3.8) is 0 Å². The predicted octanol–water partition coefficient (Wildman–Crippen LogP) is 1.92. The van der Waals surface area contributed by atoms with Gasteiger partial charge >= 0.3 is 5.97 Å². The number of ether oxygens (including phenoxy) is 1. The molecule has 0 atom stereocenters.